The van der Waals surface area contributed by atoms with E-state index in [4.69, 9.17) is 9.84 Å². The highest BCUT2D eigenvalue weighted by Crippen LogP contribution is 2.55. The summed E-state index contributed by atoms with van der Waals surface area (Å²) in [5.41, 5.74) is 0. The topological polar surface area (TPSA) is 29.5 Å². The number of aliphatic hydroxyl groups excluding tert-OH is 1. The van der Waals surface area contributed by atoms with Gasteiger partial charge in [-0.05, 0) is 32.1 Å². The Labute approximate surface area is 141 Å². The van der Waals surface area contributed by atoms with Crippen LogP contribution in [0.3, 0.4) is 0 Å². The molecule has 0 aromatic carbocycles. The Kier molecular flexibility index (Phi) is 9.64. The van der Waals surface area contributed by atoms with Gasteiger partial charge in [0.05, 0.1) is 0 Å². The third kappa shape index (κ3) is 6.23. The Bertz CT molecular complexity index is 375. The smallest absolute Gasteiger partial charge is 0.378 e. The van der Waals surface area contributed by atoms with Crippen LogP contribution in [0.4, 0.5) is 35.1 Å². The molecule has 0 rings (SSSR count). The van der Waals surface area contributed by atoms with E-state index in [1.54, 1.807) is 6.92 Å². The zero-order valence-corrected chi connectivity index (χ0v) is 14.0. The molecule has 0 spiro atoms. The lowest BCUT2D eigenvalue weighted by molar-refractivity contribution is -0.368. The van der Waals surface area contributed by atoms with Crippen molar-refractivity contribution in [2.45, 2.75) is 75.6 Å². The van der Waals surface area contributed by atoms with Crippen LogP contribution < -0.4 is 0 Å². The molecule has 0 aliphatic carbocycles. The van der Waals surface area contributed by atoms with Gasteiger partial charge in [0.1, 0.15) is 0 Å². The first kappa shape index (κ1) is 24.4. The summed E-state index contributed by atoms with van der Waals surface area (Å²) in [7, 11) is 0. The van der Waals surface area contributed by atoms with Crippen LogP contribution in [-0.2, 0) is 4.74 Å². The molecule has 0 unspecified atom stereocenters. The predicted molar refractivity (Wildman–Crippen MR) is 75.7 cm³/mol. The summed E-state index contributed by atoms with van der Waals surface area (Å²) in [4.78, 5) is 0. The minimum Gasteiger partial charge on any atom is -0.396 e. The first-order chi connectivity index (χ1) is 11.4. The molecule has 10 heteroatoms. The number of rotatable bonds is 14. The lowest BCUT2D eigenvalue weighted by atomic mass is 9.92. The van der Waals surface area contributed by atoms with Crippen molar-refractivity contribution in [3.8, 4) is 0 Å². The van der Waals surface area contributed by atoms with Crippen LogP contribution in [0.1, 0.15) is 51.9 Å². The van der Waals surface area contributed by atoms with Crippen LogP contribution in [-0.4, -0.2) is 48.6 Å². The molecule has 0 bridgehead atoms. The van der Waals surface area contributed by atoms with Crippen LogP contribution in [0.2, 0.25) is 0 Å². The van der Waals surface area contributed by atoms with Gasteiger partial charge in [-0.15, -0.1) is 0 Å². The molecule has 0 aromatic heterocycles. The van der Waals surface area contributed by atoms with Gasteiger partial charge in [-0.25, -0.2) is 0 Å². The van der Waals surface area contributed by atoms with Gasteiger partial charge in [-0.2, -0.15) is 35.1 Å². The van der Waals surface area contributed by atoms with E-state index in [2.05, 4.69) is 0 Å². The normalized spacial score (nSPS) is 14.2. The third-order valence-corrected chi connectivity index (χ3v) is 3.59. The molecule has 25 heavy (non-hydrogen) atoms. The Morgan fingerprint density at radius 1 is 0.680 bits per heavy atom. The minimum atomic E-state index is -6.21. The maximum atomic E-state index is 13.6. The molecule has 0 heterocycles. The molecule has 1 N–H and O–H groups in total. The molecule has 0 aliphatic rings. The second kappa shape index (κ2) is 9.89. The molecule has 0 radical (unpaired) electrons. The molecular weight excluding hydrogens is 364 g/mol. The van der Waals surface area contributed by atoms with Crippen molar-refractivity contribution in [3.05, 3.63) is 0 Å². The number of halogens is 8. The van der Waals surface area contributed by atoms with Crippen molar-refractivity contribution in [1.82, 2.24) is 0 Å². The first-order valence-corrected chi connectivity index (χ1v) is 8.07. The summed E-state index contributed by atoms with van der Waals surface area (Å²) in [5, 5.41) is 8.42. The molecule has 0 fully saturated rings. The van der Waals surface area contributed by atoms with E-state index < -0.39 is 56.0 Å². The molecule has 152 valence electrons. The molecule has 0 aliphatic heterocycles. The van der Waals surface area contributed by atoms with E-state index in [1.165, 1.54) is 0 Å². The van der Waals surface area contributed by atoms with Crippen LogP contribution in [0, 0.1) is 0 Å². The van der Waals surface area contributed by atoms with Crippen molar-refractivity contribution in [2.75, 3.05) is 19.8 Å². The van der Waals surface area contributed by atoms with Gasteiger partial charge in [0, 0.05) is 32.7 Å². The average Bonchev–Trinajstić information content (AvgIpc) is 2.50. The summed E-state index contributed by atoms with van der Waals surface area (Å²) >= 11 is 0. The van der Waals surface area contributed by atoms with Gasteiger partial charge in [0.25, 0.3) is 0 Å². The average molecular weight is 388 g/mol. The number of hydrogen-bond donors (Lipinski definition) is 1. The highest BCUT2D eigenvalue weighted by atomic mass is 19.4. The quantitative estimate of drug-likeness (QED) is 0.324. The minimum absolute atomic E-state index is 0.0107. The molecular formula is C15H24F8O2. The molecule has 0 aromatic rings. The lowest BCUT2D eigenvalue weighted by Crippen LogP contribution is -2.62. The van der Waals surface area contributed by atoms with Gasteiger partial charge in [0.2, 0.25) is 0 Å². The fourth-order valence-corrected chi connectivity index (χ4v) is 2.03. The fraction of sp³-hybridized carbons (Fsp3) is 1.00. The summed E-state index contributed by atoms with van der Waals surface area (Å²) in [5.74, 6) is -23.0. The Morgan fingerprint density at radius 3 is 1.52 bits per heavy atom. The van der Waals surface area contributed by atoms with Gasteiger partial charge in [0.15, 0.2) is 0 Å². The largest absolute Gasteiger partial charge is 0.396 e. The van der Waals surface area contributed by atoms with Crippen molar-refractivity contribution in [3.63, 3.8) is 0 Å². The van der Waals surface area contributed by atoms with Crippen molar-refractivity contribution in [2.24, 2.45) is 0 Å². The zero-order valence-electron chi connectivity index (χ0n) is 14.0. The van der Waals surface area contributed by atoms with Gasteiger partial charge >= 0.3 is 23.7 Å². The maximum Gasteiger partial charge on any atom is 0.378 e. The van der Waals surface area contributed by atoms with E-state index in [1.807, 2.05) is 0 Å². The van der Waals surface area contributed by atoms with Gasteiger partial charge in [-0.1, -0.05) is 6.92 Å². The molecule has 2 nitrogen and oxygen atoms in total. The van der Waals surface area contributed by atoms with Crippen LogP contribution >= 0.6 is 0 Å². The van der Waals surface area contributed by atoms with E-state index in [-0.39, 0.29) is 19.4 Å². The van der Waals surface area contributed by atoms with Crippen LogP contribution in [0.25, 0.3) is 0 Å². The second-order valence-electron chi connectivity index (χ2n) is 5.81. The summed E-state index contributed by atoms with van der Waals surface area (Å²) in [6, 6.07) is 0. The Morgan fingerprint density at radius 2 is 1.12 bits per heavy atom. The summed E-state index contributed by atoms with van der Waals surface area (Å²) in [6.45, 7) is 1.51. The summed E-state index contributed by atoms with van der Waals surface area (Å²) in [6.07, 6.45) is -4.40. The Balaban J connectivity index is 4.89. The molecule has 0 saturated carbocycles. The standard InChI is InChI=1S/C15H24F8O2/c1-2-10-25-11-6-4-8-13(18,19)15(22,23)14(20,21)12(16,17)7-3-5-9-24/h24H,2-11H2,1H3. The van der Waals surface area contributed by atoms with Crippen LogP contribution in [0.5, 0.6) is 0 Å². The number of alkyl halides is 8. The molecule has 0 atom stereocenters. The van der Waals surface area contributed by atoms with Gasteiger partial charge in [-0.3, -0.25) is 0 Å². The van der Waals surface area contributed by atoms with Gasteiger partial charge < -0.3 is 9.84 Å². The Hall–Kier alpha value is -0.640. The fourth-order valence-electron chi connectivity index (χ4n) is 2.03. The monoisotopic (exact) mass is 388 g/mol. The molecule has 0 saturated heterocycles. The van der Waals surface area contributed by atoms with Crippen LogP contribution in [0.15, 0.2) is 0 Å². The number of aliphatic hydroxyl groups is 1. The van der Waals surface area contributed by atoms with Crippen molar-refractivity contribution in [1.29, 1.82) is 0 Å². The number of ether oxygens (including phenoxy) is 1. The SMILES string of the molecule is CCCOCCCCC(F)(F)C(F)(F)C(F)(F)C(F)(F)CCCCO. The predicted octanol–water partition coefficient (Wildman–Crippen LogP) is 5.29. The maximum absolute atomic E-state index is 13.6. The summed E-state index contributed by atoms with van der Waals surface area (Å²) < 4.78 is 113. The van der Waals surface area contributed by atoms with Crippen molar-refractivity contribution >= 4 is 0 Å². The first-order valence-electron chi connectivity index (χ1n) is 8.07. The zero-order chi connectivity index (χ0) is 19.8. The van der Waals surface area contributed by atoms with E-state index >= 15 is 0 Å². The highest BCUT2D eigenvalue weighted by molar-refractivity contribution is 5.03. The van der Waals surface area contributed by atoms with E-state index in [9.17, 15) is 35.1 Å². The number of unbranched alkanes of at least 4 members (excludes halogenated alkanes) is 2. The molecule has 0 amide bonds. The highest BCUT2D eigenvalue weighted by Gasteiger charge is 2.79. The van der Waals surface area contributed by atoms with E-state index in [0.717, 1.165) is 0 Å². The lowest BCUT2D eigenvalue weighted by Gasteiger charge is -2.37. The number of hydrogen-bond acceptors (Lipinski definition) is 2. The second-order valence-corrected chi connectivity index (χ2v) is 5.81. The third-order valence-electron chi connectivity index (χ3n) is 3.59. The van der Waals surface area contributed by atoms with E-state index in [0.29, 0.717) is 13.0 Å². The van der Waals surface area contributed by atoms with Crippen molar-refractivity contribution < 1.29 is 45.0 Å².